The van der Waals surface area contributed by atoms with Gasteiger partial charge < -0.3 is 11.1 Å². The number of primary sulfonamides is 1. The Kier molecular flexibility index (Phi) is 6.88. The van der Waals surface area contributed by atoms with E-state index < -0.39 is 10.0 Å². The lowest BCUT2D eigenvalue weighted by molar-refractivity contribution is 0.597. The summed E-state index contributed by atoms with van der Waals surface area (Å²) in [6.45, 7) is 0.413. The number of guanidine groups is 1. The molecule has 0 amide bonds. The number of rotatable bonds is 4. The van der Waals surface area contributed by atoms with Crippen molar-refractivity contribution in [3.63, 3.8) is 0 Å². The van der Waals surface area contributed by atoms with E-state index in [-0.39, 0.29) is 28.9 Å². The summed E-state index contributed by atoms with van der Waals surface area (Å²) in [5.41, 5.74) is 6.71. The number of aliphatic imine (C=N–C) groups is 1. The van der Waals surface area contributed by atoms with Crippen LogP contribution in [0.3, 0.4) is 0 Å². The number of nitrogens with zero attached hydrogens (tertiary/aromatic N) is 1. The van der Waals surface area contributed by atoms with Crippen molar-refractivity contribution in [1.29, 1.82) is 0 Å². The van der Waals surface area contributed by atoms with E-state index in [1.807, 2.05) is 0 Å². The highest BCUT2D eigenvalue weighted by atomic mass is 127. The molecule has 118 valence electrons. The summed E-state index contributed by atoms with van der Waals surface area (Å²) in [4.78, 5) is 4.35. The quantitative estimate of drug-likeness (QED) is 0.384. The molecule has 0 bridgehead atoms. The van der Waals surface area contributed by atoms with Crippen molar-refractivity contribution in [2.24, 2.45) is 15.9 Å². The molecule has 1 aliphatic rings. The highest BCUT2D eigenvalue weighted by Crippen LogP contribution is 2.17. The molecule has 2 rings (SSSR count). The van der Waals surface area contributed by atoms with Crippen molar-refractivity contribution in [3.05, 3.63) is 29.8 Å². The summed E-state index contributed by atoms with van der Waals surface area (Å²) in [6, 6.07) is 6.75. The Balaban J connectivity index is 0.00000220. The Morgan fingerprint density at radius 1 is 1.24 bits per heavy atom. The van der Waals surface area contributed by atoms with Gasteiger partial charge in [0.25, 0.3) is 0 Å². The molecule has 1 saturated carbocycles. The zero-order valence-corrected chi connectivity index (χ0v) is 14.8. The van der Waals surface area contributed by atoms with Crippen LogP contribution in [0.4, 0.5) is 0 Å². The van der Waals surface area contributed by atoms with Gasteiger partial charge in [0.05, 0.1) is 11.4 Å². The van der Waals surface area contributed by atoms with Crippen LogP contribution in [0.1, 0.15) is 31.2 Å². The molecule has 21 heavy (non-hydrogen) atoms. The fourth-order valence-corrected chi connectivity index (χ4v) is 2.80. The summed E-state index contributed by atoms with van der Waals surface area (Å²) in [5, 5.41) is 8.23. The average molecular weight is 424 g/mol. The van der Waals surface area contributed by atoms with Crippen molar-refractivity contribution in [2.45, 2.75) is 43.2 Å². The van der Waals surface area contributed by atoms with Crippen molar-refractivity contribution in [3.8, 4) is 0 Å². The van der Waals surface area contributed by atoms with Crippen LogP contribution in [0, 0.1) is 0 Å². The van der Waals surface area contributed by atoms with Gasteiger partial charge in [0, 0.05) is 6.04 Å². The standard InChI is InChI=1S/C13H20N4O2S.HI/c14-13(17-11-3-1-2-4-11)16-9-10-5-7-12(8-6-10)20(15,18)19;/h5-8,11H,1-4,9H2,(H3,14,16,17)(H2,15,18,19);1H. The monoisotopic (exact) mass is 424 g/mol. The van der Waals surface area contributed by atoms with E-state index in [4.69, 9.17) is 10.9 Å². The van der Waals surface area contributed by atoms with E-state index in [1.165, 1.54) is 25.0 Å². The fourth-order valence-electron chi connectivity index (χ4n) is 2.29. The maximum absolute atomic E-state index is 11.1. The predicted molar refractivity (Wildman–Crippen MR) is 93.9 cm³/mol. The molecule has 0 aromatic heterocycles. The second kappa shape index (κ2) is 7.95. The highest BCUT2D eigenvalue weighted by Gasteiger charge is 2.14. The minimum Gasteiger partial charge on any atom is -0.370 e. The molecule has 0 radical (unpaired) electrons. The Bertz CT molecular complexity index is 581. The van der Waals surface area contributed by atoms with Crippen LogP contribution in [0.25, 0.3) is 0 Å². The molecule has 0 aliphatic heterocycles. The average Bonchev–Trinajstić information content (AvgIpc) is 2.88. The van der Waals surface area contributed by atoms with Crippen LogP contribution >= 0.6 is 24.0 Å². The minimum absolute atomic E-state index is 0. The van der Waals surface area contributed by atoms with Gasteiger partial charge in [-0.05, 0) is 30.5 Å². The summed E-state index contributed by atoms with van der Waals surface area (Å²) < 4.78 is 22.2. The van der Waals surface area contributed by atoms with Crippen LogP contribution in [0.15, 0.2) is 34.2 Å². The molecule has 1 aromatic rings. The molecule has 5 N–H and O–H groups in total. The van der Waals surface area contributed by atoms with Gasteiger partial charge in [-0.1, -0.05) is 25.0 Å². The lowest BCUT2D eigenvalue weighted by Gasteiger charge is -2.12. The third-order valence-electron chi connectivity index (χ3n) is 3.39. The van der Waals surface area contributed by atoms with E-state index in [9.17, 15) is 8.42 Å². The van der Waals surface area contributed by atoms with Gasteiger partial charge in [0.15, 0.2) is 5.96 Å². The van der Waals surface area contributed by atoms with Crippen molar-refractivity contribution < 1.29 is 8.42 Å². The Labute approximate surface area is 142 Å². The first-order valence-corrected chi connectivity index (χ1v) is 8.18. The summed E-state index contributed by atoms with van der Waals surface area (Å²) in [7, 11) is -3.64. The molecule has 0 saturated heterocycles. The van der Waals surface area contributed by atoms with Crippen molar-refractivity contribution in [2.75, 3.05) is 0 Å². The van der Waals surface area contributed by atoms with E-state index in [2.05, 4.69) is 10.3 Å². The van der Waals surface area contributed by atoms with Crippen molar-refractivity contribution >= 4 is 40.0 Å². The number of benzene rings is 1. The molecule has 0 heterocycles. The zero-order chi connectivity index (χ0) is 14.6. The smallest absolute Gasteiger partial charge is 0.238 e. The maximum Gasteiger partial charge on any atom is 0.238 e. The molecule has 0 unspecified atom stereocenters. The van der Waals surface area contributed by atoms with Gasteiger partial charge in [-0.25, -0.2) is 18.5 Å². The first kappa shape index (κ1) is 18.2. The second-order valence-corrected chi connectivity index (χ2v) is 6.58. The van der Waals surface area contributed by atoms with Gasteiger partial charge in [0.2, 0.25) is 10.0 Å². The molecule has 6 nitrogen and oxygen atoms in total. The first-order valence-electron chi connectivity index (χ1n) is 6.63. The van der Waals surface area contributed by atoms with Crippen LogP contribution in [-0.2, 0) is 16.6 Å². The molecule has 1 aliphatic carbocycles. The maximum atomic E-state index is 11.1. The van der Waals surface area contributed by atoms with E-state index in [1.54, 1.807) is 12.1 Å². The van der Waals surface area contributed by atoms with Crippen LogP contribution < -0.4 is 16.2 Å². The molecule has 1 aromatic carbocycles. The number of hydrogen-bond donors (Lipinski definition) is 3. The minimum atomic E-state index is -3.64. The molecule has 0 atom stereocenters. The van der Waals surface area contributed by atoms with Gasteiger partial charge in [-0.3, -0.25) is 0 Å². The van der Waals surface area contributed by atoms with Crippen LogP contribution in [-0.4, -0.2) is 20.4 Å². The number of halogens is 1. The Morgan fingerprint density at radius 2 is 1.81 bits per heavy atom. The van der Waals surface area contributed by atoms with E-state index in [0.717, 1.165) is 18.4 Å². The largest absolute Gasteiger partial charge is 0.370 e. The zero-order valence-electron chi connectivity index (χ0n) is 11.7. The number of nitrogens with two attached hydrogens (primary N) is 2. The van der Waals surface area contributed by atoms with Gasteiger partial charge in [0.1, 0.15) is 0 Å². The summed E-state index contributed by atoms with van der Waals surface area (Å²) in [6.07, 6.45) is 4.75. The third-order valence-corrected chi connectivity index (χ3v) is 4.32. The number of sulfonamides is 1. The predicted octanol–water partition coefficient (Wildman–Crippen LogP) is 1.30. The number of hydrogen-bond acceptors (Lipinski definition) is 3. The molecule has 8 heteroatoms. The fraction of sp³-hybridized carbons (Fsp3) is 0.462. The second-order valence-electron chi connectivity index (χ2n) is 5.02. The highest BCUT2D eigenvalue weighted by molar-refractivity contribution is 14.0. The van der Waals surface area contributed by atoms with Crippen LogP contribution in [0.2, 0.25) is 0 Å². The first-order chi connectivity index (χ1) is 9.45. The van der Waals surface area contributed by atoms with E-state index >= 15 is 0 Å². The topological polar surface area (TPSA) is 111 Å². The lowest BCUT2D eigenvalue weighted by atomic mass is 10.2. The normalized spacial score (nSPS) is 16.5. The third kappa shape index (κ3) is 5.79. The Morgan fingerprint density at radius 3 is 2.33 bits per heavy atom. The van der Waals surface area contributed by atoms with Gasteiger partial charge in [-0.2, -0.15) is 0 Å². The Hall–Kier alpha value is -0.870. The van der Waals surface area contributed by atoms with Gasteiger partial charge >= 0.3 is 0 Å². The summed E-state index contributed by atoms with van der Waals surface area (Å²) >= 11 is 0. The molecule has 1 fully saturated rings. The summed E-state index contributed by atoms with van der Waals surface area (Å²) in [5.74, 6) is 0.437. The van der Waals surface area contributed by atoms with Gasteiger partial charge in [-0.15, -0.1) is 24.0 Å². The molecular formula is C13H21IN4O2S. The van der Waals surface area contributed by atoms with Crippen molar-refractivity contribution in [1.82, 2.24) is 5.32 Å². The molecule has 0 spiro atoms. The SMILES string of the molecule is I.NC(=NCc1ccc(S(N)(=O)=O)cc1)NC1CCCC1. The lowest BCUT2D eigenvalue weighted by Crippen LogP contribution is -2.38. The number of nitrogens with one attached hydrogen (secondary N) is 1. The van der Waals surface area contributed by atoms with Crippen LogP contribution in [0.5, 0.6) is 0 Å². The van der Waals surface area contributed by atoms with E-state index in [0.29, 0.717) is 18.5 Å². The molecular weight excluding hydrogens is 403 g/mol.